The molecule has 0 unspecified atom stereocenters. The second-order valence-corrected chi connectivity index (χ2v) is 6.43. The molecule has 2 aromatic carbocycles. The molecule has 0 heterocycles. The Morgan fingerprint density at radius 2 is 2.00 bits per heavy atom. The summed E-state index contributed by atoms with van der Waals surface area (Å²) in [5, 5.41) is 3.13. The summed E-state index contributed by atoms with van der Waals surface area (Å²) in [5.41, 5.74) is 1.58. The van der Waals surface area contributed by atoms with E-state index in [9.17, 15) is 9.59 Å². The summed E-state index contributed by atoms with van der Waals surface area (Å²) in [7, 11) is 0. The van der Waals surface area contributed by atoms with Gasteiger partial charge in [-0.1, -0.05) is 33.6 Å². The summed E-state index contributed by atoms with van der Waals surface area (Å²) in [6.07, 6.45) is 0. The van der Waals surface area contributed by atoms with Crippen molar-refractivity contribution in [2.45, 2.75) is 13.8 Å². The fraction of sp³-hybridized carbons (Fsp3) is 0.222. The van der Waals surface area contributed by atoms with Gasteiger partial charge >= 0.3 is 5.97 Å². The molecule has 2 aromatic rings. The highest BCUT2D eigenvalue weighted by atomic mass is 79.9. The van der Waals surface area contributed by atoms with Gasteiger partial charge in [0, 0.05) is 10.2 Å². The fourth-order valence-electron chi connectivity index (χ4n) is 2.12. The summed E-state index contributed by atoms with van der Waals surface area (Å²) in [4.78, 5) is 24.0. The number of amides is 1. The Kier molecular flexibility index (Phi) is 6.84. The van der Waals surface area contributed by atoms with Crippen molar-refractivity contribution in [2.24, 2.45) is 0 Å². The predicted molar refractivity (Wildman–Crippen MR) is 100 cm³/mol. The minimum atomic E-state index is -0.422. The molecule has 132 valence electrons. The Hall–Kier alpha value is -2.05. The van der Waals surface area contributed by atoms with Gasteiger partial charge in [0.25, 0.3) is 5.91 Å². The molecule has 0 saturated carbocycles. The van der Waals surface area contributed by atoms with Crippen molar-refractivity contribution in [3.05, 3.63) is 57.0 Å². The van der Waals surface area contributed by atoms with Crippen LogP contribution in [-0.2, 0) is 9.53 Å². The van der Waals surface area contributed by atoms with Gasteiger partial charge < -0.3 is 14.8 Å². The topological polar surface area (TPSA) is 64.6 Å². The lowest BCUT2D eigenvalue weighted by Gasteiger charge is -2.13. The van der Waals surface area contributed by atoms with Crippen molar-refractivity contribution >= 4 is 45.1 Å². The van der Waals surface area contributed by atoms with Crippen LogP contribution in [0.4, 0.5) is 5.69 Å². The highest BCUT2D eigenvalue weighted by Gasteiger charge is 2.14. The third-order valence-electron chi connectivity index (χ3n) is 3.36. The first-order valence-electron chi connectivity index (χ1n) is 7.56. The van der Waals surface area contributed by atoms with Gasteiger partial charge in [-0.05, 0) is 49.7 Å². The zero-order valence-corrected chi connectivity index (χ0v) is 16.1. The van der Waals surface area contributed by atoms with Crippen LogP contribution in [-0.4, -0.2) is 25.1 Å². The van der Waals surface area contributed by atoms with Gasteiger partial charge in [0.05, 0.1) is 17.2 Å². The maximum atomic E-state index is 12.1. The molecule has 0 aliphatic carbocycles. The second kappa shape index (κ2) is 8.87. The third kappa shape index (κ3) is 5.21. The van der Waals surface area contributed by atoms with Gasteiger partial charge in [0.15, 0.2) is 6.61 Å². The Morgan fingerprint density at radius 3 is 2.68 bits per heavy atom. The van der Waals surface area contributed by atoms with Gasteiger partial charge in [0.2, 0.25) is 0 Å². The molecular formula is C18H17BrClNO4. The molecule has 0 bridgehead atoms. The number of carbonyl (C=O) groups excluding carboxylic acids is 2. The van der Waals surface area contributed by atoms with Gasteiger partial charge in [0.1, 0.15) is 5.75 Å². The van der Waals surface area contributed by atoms with Crippen LogP contribution in [0, 0.1) is 6.92 Å². The van der Waals surface area contributed by atoms with Gasteiger partial charge in [-0.2, -0.15) is 0 Å². The Labute approximate surface area is 159 Å². The zero-order valence-electron chi connectivity index (χ0n) is 13.8. The molecule has 0 atom stereocenters. The van der Waals surface area contributed by atoms with E-state index in [2.05, 4.69) is 21.2 Å². The minimum absolute atomic E-state index is 0.204. The third-order valence-corrected chi connectivity index (χ3v) is 4.14. The number of hydrogen-bond acceptors (Lipinski definition) is 4. The summed E-state index contributed by atoms with van der Waals surface area (Å²) >= 11 is 9.35. The smallest absolute Gasteiger partial charge is 0.338 e. The molecule has 0 aromatic heterocycles. The van der Waals surface area contributed by atoms with Crippen LogP contribution < -0.4 is 10.1 Å². The van der Waals surface area contributed by atoms with Gasteiger partial charge in [-0.25, -0.2) is 4.79 Å². The van der Waals surface area contributed by atoms with Crippen molar-refractivity contribution in [3.63, 3.8) is 0 Å². The average Bonchev–Trinajstić information content (AvgIpc) is 2.56. The summed E-state index contributed by atoms with van der Waals surface area (Å²) in [5.74, 6) is -0.367. The standard InChI is InChI=1S/C18H17BrClNO4/c1-3-24-18(23)13-5-4-6-15(11(13)2)21-17(22)10-25-16-8-7-12(19)9-14(16)20/h4-9H,3,10H2,1-2H3,(H,21,22). The minimum Gasteiger partial charge on any atom is -0.482 e. The van der Waals surface area contributed by atoms with E-state index in [0.717, 1.165) is 4.47 Å². The summed E-state index contributed by atoms with van der Waals surface area (Å²) in [6, 6.07) is 10.2. The summed E-state index contributed by atoms with van der Waals surface area (Å²) in [6.45, 7) is 3.57. The first kappa shape index (κ1) is 19.3. The average molecular weight is 427 g/mol. The number of benzene rings is 2. The molecular weight excluding hydrogens is 410 g/mol. The molecule has 0 spiro atoms. The van der Waals surface area contributed by atoms with E-state index in [1.807, 2.05) is 0 Å². The molecule has 0 aliphatic rings. The second-order valence-electron chi connectivity index (χ2n) is 5.11. The molecule has 5 nitrogen and oxygen atoms in total. The van der Waals surface area contributed by atoms with E-state index in [4.69, 9.17) is 21.1 Å². The van der Waals surface area contributed by atoms with Crippen LogP contribution in [0.3, 0.4) is 0 Å². The van der Waals surface area contributed by atoms with E-state index in [-0.39, 0.29) is 19.1 Å². The predicted octanol–water partition coefficient (Wildman–Crippen LogP) is 4.61. The maximum Gasteiger partial charge on any atom is 0.338 e. The van der Waals surface area contributed by atoms with Crippen molar-refractivity contribution in [1.29, 1.82) is 0 Å². The Balaban J connectivity index is 2.03. The van der Waals surface area contributed by atoms with E-state index < -0.39 is 5.97 Å². The van der Waals surface area contributed by atoms with Crippen LogP contribution in [0.25, 0.3) is 0 Å². The molecule has 0 fully saturated rings. The molecule has 0 saturated heterocycles. The Morgan fingerprint density at radius 1 is 1.24 bits per heavy atom. The molecule has 1 amide bonds. The quantitative estimate of drug-likeness (QED) is 0.685. The number of carbonyl (C=O) groups is 2. The van der Waals surface area contributed by atoms with Gasteiger partial charge in [-0.15, -0.1) is 0 Å². The van der Waals surface area contributed by atoms with Crippen molar-refractivity contribution in [2.75, 3.05) is 18.5 Å². The number of nitrogens with one attached hydrogen (secondary N) is 1. The molecule has 7 heteroatoms. The normalized spacial score (nSPS) is 10.2. The number of ether oxygens (including phenoxy) is 2. The van der Waals surface area contributed by atoms with Crippen LogP contribution in [0.2, 0.25) is 5.02 Å². The SMILES string of the molecule is CCOC(=O)c1cccc(NC(=O)COc2ccc(Br)cc2Cl)c1C. The number of halogens is 2. The fourth-order valence-corrected chi connectivity index (χ4v) is 2.85. The van der Waals surface area contributed by atoms with Crippen molar-refractivity contribution < 1.29 is 19.1 Å². The monoisotopic (exact) mass is 425 g/mol. The van der Waals surface area contributed by atoms with Crippen molar-refractivity contribution in [1.82, 2.24) is 0 Å². The van der Waals surface area contributed by atoms with Crippen LogP contribution in [0.1, 0.15) is 22.8 Å². The molecule has 25 heavy (non-hydrogen) atoms. The largest absolute Gasteiger partial charge is 0.482 e. The lowest BCUT2D eigenvalue weighted by Crippen LogP contribution is -2.21. The lowest BCUT2D eigenvalue weighted by molar-refractivity contribution is -0.118. The first-order chi connectivity index (χ1) is 11.9. The lowest BCUT2D eigenvalue weighted by atomic mass is 10.1. The van der Waals surface area contributed by atoms with Crippen LogP contribution >= 0.6 is 27.5 Å². The molecule has 2 rings (SSSR count). The van der Waals surface area contributed by atoms with Crippen LogP contribution in [0.5, 0.6) is 5.75 Å². The molecule has 0 radical (unpaired) electrons. The highest BCUT2D eigenvalue weighted by Crippen LogP contribution is 2.27. The number of esters is 1. The number of hydrogen-bond donors (Lipinski definition) is 1. The summed E-state index contributed by atoms with van der Waals surface area (Å²) < 4.78 is 11.2. The first-order valence-corrected chi connectivity index (χ1v) is 8.74. The molecule has 1 N–H and O–H groups in total. The molecule has 0 aliphatic heterocycles. The van der Waals surface area contributed by atoms with E-state index in [1.165, 1.54) is 0 Å². The number of rotatable bonds is 6. The highest BCUT2D eigenvalue weighted by molar-refractivity contribution is 9.10. The van der Waals surface area contributed by atoms with E-state index >= 15 is 0 Å². The zero-order chi connectivity index (χ0) is 18.4. The van der Waals surface area contributed by atoms with E-state index in [1.54, 1.807) is 50.2 Å². The van der Waals surface area contributed by atoms with Crippen molar-refractivity contribution in [3.8, 4) is 5.75 Å². The van der Waals surface area contributed by atoms with Crippen LogP contribution in [0.15, 0.2) is 40.9 Å². The number of anilines is 1. The Bertz CT molecular complexity index is 795. The van der Waals surface area contributed by atoms with E-state index in [0.29, 0.717) is 27.6 Å². The maximum absolute atomic E-state index is 12.1. The van der Waals surface area contributed by atoms with Gasteiger partial charge in [-0.3, -0.25) is 4.79 Å².